The molecule has 0 heterocycles. The van der Waals surface area contributed by atoms with Crippen molar-refractivity contribution in [2.24, 2.45) is 5.92 Å². The smallest absolute Gasteiger partial charge is 0.333 e. The lowest BCUT2D eigenvalue weighted by Crippen LogP contribution is -2.16. The monoisotopic (exact) mass is 656 g/mol. The minimum Gasteiger partial charge on any atom is -0.493 e. The molecule has 7 nitrogen and oxygen atoms in total. The van der Waals surface area contributed by atoms with Crippen LogP contribution in [0.3, 0.4) is 0 Å². The zero-order chi connectivity index (χ0) is 35.1. The predicted octanol–water partition coefficient (Wildman–Crippen LogP) is 7.76. The second-order valence-electron chi connectivity index (χ2n) is 12.5. The van der Waals surface area contributed by atoms with Crippen molar-refractivity contribution in [3.05, 3.63) is 101 Å². The number of esters is 2. The number of aryl methyl sites for hydroxylation is 4. The van der Waals surface area contributed by atoms with Crippen LogP contribution >= 0.6 is 0 Å². The largest absolute Gasteiger partial charge is 0.493 e. The quantitative estimate of drug-likeness (QED) is 0.0728. The van der Waals surface area contributed by atoms with Crippen molar-refractivity contribution in [1.29, 1.82) is 0 Å². The highest BCUT2D eigenvalue weighted by molar-refractivity contribution is 5.87. The third-order valence-electron chi connectivity index (χ3n) is 8.24. The van der Waals surface area contributed by atoms with Crippen molar-refractivity contribution >= 4 is 11.9 Å². The summed E-state index contributed by atoms with van der Waals surface area (Å²) in [6.07, 6.45) is 5.02. The van der Waals surface area contributed by atoms with Gasteiger partial charge in [-0.1, -0.05) is 69.0 Å². The minimum atomic E-state index is -0.417. The van der Waals surface area contributed by atoms with Crippen molar-refractivity contribution in [2.75, 3.05) is 33.0 Å². The number of hydrogen-bond donors (Lipinski definition) is 2. The van der Waals surface area contributed by atoms with E-state index in [1.165, 1.54) is 11.1 Å². The van der Waals surface area contributed by atoms with Crippen LogP contribution in [0.5, 0.6) is 5.75 Å². The van der Waals surface area contributed by atoms with E-state index in [0.717, 1.165) is 52.0 Å². The standard InChI is InChI=1S/C41H52O7/c1-7-10-31-13-15-33(16-14-31)34-17-18-38(30(6)23-34)37-24-35(11-8-20-47-40(44)28(2)3)39(46-22-19-32(26-42)27-43)36(25-37)12-9-21-48-41(45)29(4)5/h13-18,23-25,32,42-43H,2,4,7-12,19-22,26-27H2,1,3,5-6H3. The molecule has 0 spiro atoms. The average Bonchev–Trinajstić information content (AvgIpc) is 3.07. The summed E-state index contributed by atoms with van der Waals surface area (Å²) in [4.78, 5) is 24.0. The summed E-state index contributed by atoms with van der Waals surface area (Å²) in [5.74, 6) is -0.379. The maximum Gasteiger partial charge on any atom is 0.333 e. The van der Waals surface area contributed by atoms with Crippen LogP contribution in [0.2, 0.25) is 0 Å². The molecule has 0 amide bonds. The van der Waals surface area contributed by atoms with E-state index in [4.69, 9.17) is 14.2 Å². The number of rotatable bonds is 20. The van der Waals surface area contributed by atoms with Gasteiger partial charge in [-0.15, -0.1) is 0 Å². The van der Waals surface area contributed by atoms with Crippen LogP contribution in [-0.2, 0) is 38.3 Å². The second-order valence-corrected chi connectivity index (χ2v) is 12.5. The van der Waals surface area contributed by atoms with E-state index in [1.54, 1.807) is 13.8 Å². The summed E-state index contributed by atoms with van der Waals surface area (Å²) in [6, 6.07) is 19.6. The van der Waals surface area contributed by atoms with Crippen LogP contribution in [0.4, 0.5) is 0 Å². The van der Waals surface area contributed by atoms with Gasteiger partial charge in [-0.25, -0.2) is 9.59 Å². The van der Waals surface area contributed by atoms with E-state index in [1.807, 2.05) is 0 Å². The molecule has 0 fully saturated rings. The molecule has 0 saturated heterocycles. The van der Waals surface area contributed by atoms with Gasteiger partial charge >= 0.3 is 11.9 Å². The van der Waals surface area contributed by atoms with Crippen LogP contribution in [0.15, 0.2) is 78.9 Å². The summed E-state index contributed by atoms with van der Waals surface area (Å²) in [6.45, 7) is 15.4. The van der Waals surface area contributed by atoms with Crippen molar-refractivity contribution < 1.29 is 34.0 Å². The predicted molar refractivity (Wildman–Crippen MR) is 192 cm³/mol. The van der Waals surface area contributed by atoms with E-state index >= 15 is 0 Å². The third kappa shape index (κ3) is 11.5. The van der Waals surface area contributed by atoms with Crippen molar-refractivity contribution in [3.8, 4) is 28.0 Å². The van der Waals surface area contributed by atoms with Gasteiger partial charge in [-0.2, -0.15) is 0 Å². The fourth-order valence-corrected chi connectivity index (χ4v) is 5.46. The van der Waals surface area contributed by atoms with Crippen LogP contribution in [0, 0.1) is 12.8 Å². The SMILES string of the molecule is C=C(C)C(=O)OCCCc1cc(-c2ccc(-c3ccc(CCC)cc3)cc2C)cc(CCCOC(=O)C(=C)C)c1OCCC(CO)CO. The normalized spacial score (nSPS) is 11.0. The van der Waals surface area contributed by atoms with Gasteiger partial charge < -0.3 is 24.4 Å². The summed E-state index contributed by atoms with van der Waals surface area (Å²) < 4.78 is 17.1. The molecule has 3 aromatic carbocycles. The Morgan fingerprint density at radius 1 is 0.729 bits per heavy atom. The number of aliphatic hydroxyl groups is 2. The molecule has 0 atom stereocenters. The Kier molecular flexibility index (Phi) is 15.6. The highest BCUT2D eigenvalue weighted by Gasteiger charge is 2.17. The highest BCUT2D eigenvalue weighted by Crippen LogP contribution is 2.36. The van der Waals surface area contributed by atoms with Crippen molar-refractivity contribution in [3.63, 3.8) is 0 Å². The minimum absolute atomic E-state index is 0.126. The van der Waals surface area contributed by atoms with Gasteiger partial charge in [0.25, 0.3) is 0 Å². The van der Waals surface area contributed by atoms with Gasteiger partial charge in [0.05, 0.1) is 19.8 Å². The van der Waals surface area contributed by atoms with E-state index in [9.17, 15) is 19.8 Å². The summed E-state index contributed by atoms with van der Waals surface area (Å²) in [5.41, 5.74) is 9.57. The van der Waals surface area contributed by atoms with E-state index in [0.29, 0.717) is 49.9 Å². The van der Waals surface area contributed by atoms with Crippen molar-refractivity contribution in [2.45, 2.75) is 72.6 Å². The van der Waals surface area contributed by atoms with Gasteiger partial charge in [0.1, 0.15) is 5.75 Å². The molecular formula is C41H52O7. The molecule has 0 saturated carbocycles. The fourth-order valence-electron chi connectivity index (χ4n) is 5.46. The summed E-state index contributed by atoms with van der Waals surface area (Å²) in [7, 11) is 0. The van der Waals surface area contributed by atoms with Crippen LogP contribution in [0.1, 0.15) is 68.7 Å². The van der Waals surface area contributed by atoms with Crippen molar-refractivity contribution in [1.82, 2.24) is 0 Å². The molecule has 3 rings (SSSR count). The van der Waals surface area contributed by atoms with Gasteiger partial charge in [0, 0.05) is 30.3 Å². The molecule has 48 heavy (non-hydrogen) atoms. The number of benzene rings is 3. The zero-order valence-electron chi connectivity index (χ0n) is 29.1. The lowest BCUT2D eigenvalue weighted by Gasteiger charge is -2.20. The fraction of sp³-hybridized carbons (Fsp3) is 0.415. The van der Waals surface area contributed by atoms with Gasteiger partial charge in [0.15, 0.2) is 0 Å². The summed E-state index contributed by atoms with van der Waals surface area (Å²) >= 11 is 0. The number of carbonyl (C=O) groups excluding carboxylic acids is 2. The number of ether oxygens (including phenoxy) is 3. The van der Waals surface area contributed by atoms with Crippen LogP contribution in [0.25, 0.3) is 22.3 Å². The number of carbonyl (C=O) groups is 2. The topological polar surface area (TPSA) is 102 Å². The second kappa shape index (κ2) is 19.6. The molecule has 7 heteroatoms. The van der Waals surface area contributed by atoms with Gasteiger partial charge in [0.2, 0.25) is 0 Å². The molecule has 0 aliphatic rings. The van der Waals surface area contributed by atoms with Gasteiger partial charge in [-0.3, -0.25) is 0 Å². The number of hydrogen-bond acceptors (Lipinski definition) is 7. The maximum absolute atomic E-state index is 12.0. The Labute approximate surface area is 286 Å². The lowest BCUT2D eigenvalue weighted by atomic mass is 9.91. The van der Waals surface area contributed by atoms with Gasteiger partial charge in [-0.05, 0) is 116 Å². The molecule has 0 aromatic heterocycles. The average molecular weight is 657 g/mol. The molecule has 0 radical (unpaired) electrons. The van der Waals surface area contributed by atoms with Crippen LogP contribution in [-0.4, -0.2) is 55.2 Å². The Balaban J connectivity index is 1.99. The first kappa shape index (κ1) is 38.2. The third-order valence-corrected chi connectivity index (χ3v) is 8.24. The zero-order valence-corrected chi connectivity index (χ0v) is 29.1. The molecular weight excluding hydrogens is 604 g/mol. The highest BCUT2D eigenvalue weighted by atomic mass is 16.5. The first-order chi connectivity index (χ1) is 23.1. The molecule has 3 aromatic rings. The lowest BCUT2D eigenvalue weighted by molar-refractivity contribution is -0.139. The van der Waals surface area contributed by atoms with Crippen LogP contribution < -0.4 is 4.74 Å². The summed E-state index contributed by atoms with van der Waals surface area (Å²) in [5, 5.41) is 19.2. The Morgan fingerprint density at radius 2 is 1.27 bits per heavy atom. The van der Waals surface area contributed by atoms with E-state index in [2.05, 4.69) is 81.6 Å². The maximum atomic E-state index is 12.0. The molecule has 0 unspecified atom stereocenters. The molecule has 258 valence electrons. The van der Waals surface area contributed by atoms with E-state index < -0.39 is 11.9 Å². The molecule has 0 aliphatic heterocycles. The molecule has 2 N–H and O–H groups in total. The Morgan fingerprint density at radius 3 is 1.75 bits per heavy atom. The first-order valence-corrected chi connectivity index (χ1v) is 16.9. The Hall–Kier alpha value is -4.20. The molecule has 0 aliphatic carbocycles. The van der Waals surface area contributed by atoms with E-state index in [-0.39, 0.29) is 32.3 Å². The Bertz CT molecular complexity index is 1480. The molecule has 0 bridgehead atoms. The first-order valence-electron chi connectivity index (χ1n) is 16.9. The number of aliphatic hydroxyl groups excluding tert-OH is 2.